The van der Waals surface area contributed by atoms with Crippen LogP contribution in [-0.4, -0.2) is 4.98 Å². The Hall–Kier alpha value is -0.830. The van der Waals surface area contributed by atoms with Crippen LogP contribution in [0, 0.1) is 4.84 Å². The number of aromatic amines is 1. The van der Waals surface area contributed by atoms with Crippen molar-refractivity contribution in [3.05, 3.63) is 23.4 Å². The molecule has 0 aromatic carbocycles. The molecule has 2 nitrogen and oxygen atoms in total. The Labute approximate surface area is 58.2 Å². The highest BCUT2D eigenvalue weighted by Crippen LogP contribution is 2.07. The molecule has 9 heavy (non-hydrogen) atoms. The van der Waals surface area contributed by atoms with Crippen LogP contribution in [0.3, 0.4) is 0 Å². The SMILES string of the molecule is C=C(C)c1coc(=S)[nH]1. The normalized spacial score (nSPS) is 9.44. The first-order valence-electron chi connectivity index (χ1n) is 2.54. The van der Waals surface area contributed by atoms with Gasteiger partial charge in [-0.2, -0.15) is 0 Å². The fourth-order valence-corrected chi connectivity index (χ4v) is 0.647. The molecule has 1 N–H and O–H groups in total. The van der Waals surface area contributed by atoms with Gasteiger partial charge in [-0.25, -0.2) is 0 Å². The van der Waals surface area contributed by atoms with Crippen molar-refractivity contribution < 1.29 is 4.42 Å². The number of hydrogen-bond acceptors (Lipinski definition) is 2. The van der Waals surface area contributed by atoms with E-state index < -0.39 is 0 Å². The second-order valence-corrected chi connectivity index (χ2v) is 2.21. The van der Waals surface area contributed by atoms with E-state index in [1.165, 1.54) is 0 Å². The molecule has 0 fully saturated rings. The highest BCUT2D eigenvalue weighted by Gasteiger charge is 1.92. The van der Waals surface area contributed by atoms with Crippen molar-refractivity contribution >= 4 is 17.8 Å². The second kappa shape index (κ2) is 2.19. The Kier molecular flexibility index (Phi) is 1.53. The smallest absolute Gasteiger partial charge is 0.266 e. The van der Waals surface area contributed by atoms with Crippen LogP contribution in [-0.2, 0) is 0 Å². The number of allylic oxidation sites excluding steroid dienone is 1. The maximum Gasteiger partial charge on any atom is 0.266 e. The van der Waals surface area contributed by atoms with Crippen molar-refractivity contribution in [2.24, 2.45) is 0 Å². The molecule has 1 heterocycles. The third kappa shape index (κ3) is 1.29. The summed E-state index contributed by atoms with van der Waals surface area (Å²) in [5, 5.41) is 0. The summed E-state index contributed by atoms with van der Waals surface area (Å²) >= 11 is 4.69. The number of rotatable bonds is 1. The van der Waals surface area contributed by atoms with Gasteiger partial charge in [-0.3, -0.25) is 0 Å². The van der Waals surface area contributed by atoms with Gasteiger partial charge < -0.3 is 9.40 Å². The number of aromatic nitrogens is 1. The van der Waals surface area contributed by atoms with Gasteiger partial charge in [0.25, 0.3) is 4.84 Å². The van der Waals surface area contributed by atoms with E-state index in [9.17, 15) is 0 Å². The highest BCUT2D eigenvalue weighted by atomic mass is 32.1. The summed E-state index contributed by atoms with van der Waals surface area (Å²) in [6.45, 7) is 5.59. The van der Waals surface area contributed by atoms with Gasteiger partial charge in [0.05, 0.1) is 5.69 Å². The predicted molar refractivity (Wildman–Crippen MR) is 38.6 cm³/mol. The van der Waals surface area contributed by atoms with Crippen molar-refractivity contribution in [1.29, 1.82) is 0 Å². The summed E-state index contributed by atoms with van der Waals surface area (Å²) in [5.74, 6) is 0. The third-order valence-corrected chi connectivity index (χ3v) is 1.18. The fourth-order valence-electron chi connectivity index (χ4n) is 0.489. The maximum absolute atomic E-state index is 4.82. The molecule has 1 rings (SSSR count). The first kappa shape index (κ1) is 6.29. The molecule has 0 radical (unpaired) electrons. The van der Waals surface area contributed by atoms with Gasteiger partial charge in [-0.05, 0) is 24.7 Å². The molecular formula is C6H7NOS. The Morgan fingerprint density at radius 1 is 1.89 bits per heavy atom. The summed E-state index contributed by atoms with van der Waals surface area (Å²) in [6.07, 6.45) is 1.56. The Morgan fingerprint density at radius 2 is 2.56 bits per heavy atom. The van der Waals surface area contributed by atoms with Crippen molar-refractivity contribution in [2.75, 3.05) is 0 Å². The van der Waals surface area contributed by atoms with Gasteiger partial charge in [0, 0.05) is 0 Å². The monoisotopic (exact) mass is 141 g/mol. The van der Waals surface area contributed by atoms with Gasteiger partial charge >= 0.3 is 0 Å². The molecule has 48 valence electrons. The largest absolute Gasteiger partial charge is 0.437 e. The van der Waals surface area contributed by atoms with Crippen LogP contribution in [0.5, 0.6) is 0 Å². The average Bonchev–Trinajstić information content (AvgIpc) is 2.14. The van der Waals surface area contributed by atoms with Crippen LogP contribution in [0.2, 0.25) is 0 Å². The number of H-pyrrole nitrogens is 1. The quantitative estimate of drug-likeness (QED) is 0.608. The van der Waals surface area contributed by atoms with Gasteiger partial charge in [-0.1, -0.05) is 6.58 Å². The van der Waals surface area contributed by atoms with E-state index in [2.05, 4.69) is 23.8 Å². The zero-order valence-corrected chi connectivity index (χ0v) is 5.92. The van der Waals surface area contributed by atoms with E-state index in [1.807, 2.05) is 6.92 Å². The molecule has 0 unspecified atom stereocenters. The molecule has 0 saturated heterocycles. The minimum Gasteiger partial charge on any atom is -0.437 e. The molecule has 0 saturated carbocycles. The highest BCUT2D eigenvalue weighted by molar-refractivity contribution is 7.71. The van der Waals surface area contributed by atoms with E-state index in [0.29, 0.717) is 4.84 Å². The van der Waals surface area contributed by atoms with E-state index in [1.54, 1.807) is 6.26 Å². The van der Waals surface area contributed by atoms with Gasteiger partial charge in [-0.15, -0.1) is 0 Å². The molecule has 1 aromatic rings. The predicted octanol–water partition coefficient (Wildman–Crippen LogP) is 2.37. The van der Waals surface area contributed by atoms with E-state index in [0.717, 1.165) is 11.3 Å². The molecular weight excluding hydrogens is 134 g/mol. The molecule has 3 heteroatoms. The van der Waals surface area contributed by atoms with Crippen LogP contribution < -0.4 is 0 Å². The summed E-state index contributed by atoms with van der Waals surface area (Å²) in [5.41, 5.74) is 1.79. The average molecular weight is 141 g/mol. The van der Waals surface area contributed by atoms with Crippen molar-refractivity contribution in [1.82, 2.24) is 4.98 Å². The van der Waals surface area contributed by atoms with Crippen molar-refractivity contribution in [2.45, 2.75) is 6.92 Å². The number of nitrogens with one attached hydrogen (secondary N) is 1. The number of hydrogen-bond donors (Lipinski definition) is 1. The van der Waals surface area contributed by atoms with E-state index in [4.69, 9.17) is 4.42 Å². The topological polar surface area (TPSA) is 28.9 Å². The standard InChI is InChI=1S/C6H7NOS/c1-4(2)5-3-8-6(9)7-5/h3H,1H2,2H3,(H,7,9). The molecule has 0 atom stereocenters. The fraction of sp³-hybridized carbons (Fsp3) is 0.167. The molecule has 0 amide bonds. The Balaban J connectivity index is 3.12. The lowest BCUT2D eigenvalue weighted by atomic mass is 10.3. The first-order valence-corrected chi connectivity index (χ1v) is 2.94. The van der Waals surface area contributed by atoms with Gasteiger partial charge in [0.15, 0.2) is 0 Å². The second-order valence-electron chi connectivity index (χ2n) is 1.84. The van der Waals surface area contributed by atoms with E-state index in [-0.39, 0.29) is 0 Å². The van der Waals surface area contributed by atoms with Gasteiger partial charge in [0.1, 0.15) is 6.26 Å². The van der Waals surface area contributed by atoms with Crippen LogP contribution in [0.1, 0.15) is 12.6 Å². The maximum atomic E-state index is 4.82. The van der Waals surface area contributed by atoms with Crippen LogP contribution >= 0.6 is 12.2 Å². The lowest BCUT2D eigenvalue weighted by Crippen LogP contribution is -1.73. The van der Waals surface area contributed by atoms with Crippen LogP contribution in [0.4, 0.5) is 0 Å². The Bertz CT molecular complexity index is 271. The summed E-state index contributed by atoms with van der Waals surface area (Å²) in [4.78, 5) is 3.22. The van der Waals surface area contributed by atoms with E-state index >= 15 is 0 Å². The lowest BCUT2D eigenvalue weighted by molar-refractivity contribution is 0.540. The molecule has 1 aromatic heterocycles. The molecule has 0 aliphatic carbocycles. The molecule has 0 aliphatic rings. The zero-order valence-electron chi connectivity index (χ0n) is 5.10. The van der Waals surface area contributed by atoms with Crippen LogP contribution in [0.25, 0.3) is 5.57 Å². The third-order valence-electron chi connectivity index (χ3n) is 0.980. The summed E-state index contributed by atoms with van der Waals surface area (Å²) < 4.78 is 4.82. The summed E-state index contributed by atoms with van der Waals surface area (Å²) in [6, 6.07) is 0. The Morgan fingerprint density at radius 3 is 2.78 bits per heavy atom. The van der Waals surface area contributed by atoms with Crippen molar-refractivity contribution in [3.8, 4) is 0 Å². The molecule has 0 spiro atoms. The molecule has 0 aliphatic heterocycles. The van der Waals surface area contributed by atoms with Crippen LogP contribution in [0.15, 0.2) is 17.3 Å². The number of oxazole rings is 1. The minimum absolute atomic E-state index is 0.396. The summed E-state index contributed by atoms with van der Waals surface area (Å²) in [7, 11) is 0. The first-order chi connectivity index (χ1) is 4.20. The van der Waals surface area contributed by atoms with Crippen molar-refractivity contribution in [3.63, 3.8) is 0 Å². The zero-order chi connectivity index (χ0) is 6.85. The minimum atomic E-state index is 0.396. The molecule has 0 bridgehead atoms. The van der Waals surface area contributed by atoms with Gasteiger partial charge in [0.2, 0.25) is 0 Å². The lowest BCUT2D eigenvalue weighted by Gasteiger charge is -1.85.